The van der Waals surface area contributed by atoms with E-state index in [0.717, 1.165) is 0 Å². The monoisotopic (exact) mass is 301 g/mol. The van der Waals surface area contributed by atoms with Crippen LogP contribution < -0.4 is 10.8 Å². The maximum Gasteiger partial charge on any atom is 0.497 e. The van der Waals surface area contributed by atoms with Gasteiger partial charge in [-0.3, -0.25) is 0 Å². The van der Waals surface area contributed by atoms with Crippen molar-refractivity contribution in [1.29, 1.82) is 0 Å². The molecule has 2 heterocycles. The van der Waals surface area contributed by atoms with E-state index in [9.17, 15) is 4.79 Å². The Hall–Kier alpha value is -1.86. The number of benzene rings is 1. The Bertz CT molecular complexity index is 654. The van der Waals surface area contributed by atoms with Crippen molar-refractivity contribution in [3.8, 4) is 0 Å². The van der Waals surface area contributed by atoms with E-state index in [1.54, 1.807) is 12.1 Å². The summed E-state index contributed by atoms with van der Waals surface area (Å²) < 4.78 is 16.9. The maximum atomic E-state index is 11.8. The first-order valence-electron chi connectivity index (χ1n) is 7.10. The van der Waals surface area contributed by atoms with E-state index in [4.69, 9.17) is 14.0 Å². The summed E-state index contributed by atoms with van der Waals surface area (Å²) in [5.74, 6) is -0.428. The summed E-state index contributed by atoms with van der Waals surface area (Å²) in [7, 11) is 0.742. The SMILES string of the molecule is COC(=O)c1cc2c(c(B3OC(C)(C)C(C)(C)O3)c1)[N]C=N2. The summed E-state index contributed by atoms with van der Waals surface area (Å²) in [6.45, 7) is 7.91. The van der Waals surface area contributed by atoms with Gasteiger partial charge >= 0.3 is 13.1 Å². The standard InChI is InChI=1S/C15H18BN2O4/c1-14(2)15(3,4)22-16(21-14)10-6-9(13(19)20-5)7-11-12(10)18-8-17-11/h6-8H,1-5H3. The Morgan fingerprint density at radius 3 is 2.41 bits per heavy atom. The first-order chi connectivity index (χ1) is 10.2. The normalized spacial score (nSPS) is 20.7. The highest BCUT2D eigenvalue weighted by Crippen LogP contribution is 2.38. The molecule has 0 amide bonds. The molecule has 1 fully saturated rings. The van der Waals surface area contributed by atoms with Crippen LogP contribution in [-0.4, -0.2) is 37.7 Å². The van der Waals surface area contributed by atoms with Gasteiger partial charge in [-0.25, -0.2) is 15.1 Å². The molecule has 0 aromatic heterocycles. The number of hydrogen-bond donors (Lipinski definition) is 0. The highest BCUT2D eigenvalue weighted by Gasteiger charge is 2.52. The van der Waals surface area contributed by atoms with Crippen molar-refractivity contribution in [2.75, 3.05) is 7.11 Å². The number of methoxy groups -OCH3 is 1. The Morgan fingerprint density at radius 2 is 1.82 bits per heavy atom. The molecule has 1 aromatic rings. The predicted octanol–water partition coefficient (Wildman–Crippen LogP) is 1.68. The minimum atomic E-state index is -0.603. The zero-order valence-electron chi connectivity index (χ0n) is 13.3. The van der Waals surface area contributed by atoms with Gasteiger partial charge in [0.2, 0.25) is 0 Å². The molecule has 0 bridgehead atoms. The van der Waals surface area contributed by atoms with Crippen molar-refractivity contribution in [2.24, 2.45) is 4.99 Å². The number of carbonyl (C=O) groups is 1. The number of fused-ring (bicyclic) bond motifs is 1. The highest BCUT2D eigenvalue weighted by molar-refractivity contribution is 6.64. The zero-order valence-corrected chi connectivity index (χ0v) is 13.3. The van der Waals surface area contributed by atoms with Crippen LogP contribution in [0.25, 0.3) is 0 Å². The predicted molar refractivity (Wildman–Crippen MR) is 83.4 cm³/mol. The fourth-order valence-electron chi connectivity index (χ4n) is 2.41. The Balaban J connectivity index is 2.05. The average Bonchev–Trinajstić information content (AvgIpc) is 2.99. The third-order valence-electron chi connectivity index (χ3n) is 4.43. The highest BCUT2D eigenvalue weighted by atomic mass is 16.7. The molecule has 1 aromatic carbocycles. The van der Waals surface area contributed by atoms with E-state index in [0.29, 0.717) is 22.4 Å². The Labute approximate surface area is 130 Å². The fraction of sp³-hybridized carbons (Fsp3) is 0.467. The number of rotatable bonds is 2. The van der Waals surface area contributed by atoms with Crippen molar-refractivity contribution in [3.05, 3.63) is 17.7 Å². The molecule has 0 aliphatic carbocycles. The average molecular weight is 301 g/mol. The van der Waals surface area contributed by atoms with Crippen molar-refractivity contribution in [1.82, 2.24) is 5.32 Å². The minimum Gasteiger partial charge on any atom is -0.465 e. The van der Waals surface area contributed by atoms with Crippen LogP contribution in [0.5, 0.6) is 0 Å². The quantitative estimate of drug-likeness (QED) is 0.615. The van der Waals surface area contributed by atoms with Gasteiger partial charge in [0.15, 0.2) is 0 Å². The molecule has 6 nitrogen and oxygen atoms in total. The maximum absolute atomic E-state index is 11.8. The van der Waals surface area contributed by atoms with Crippen LogP contribution in [-0.2, 0) is 14.0 Å². The van der Waals surface area contributed by atoms with Crippen molar-refractivity contribution in [3.63, 3.8) is 0 Å². The van der Waals surface area contributed by atoms with Crippen LogP contribution in [0.15, 0.2) is 17.1 Å². The smallest absolute Gasteiger partial charge is 0.465 e. The summed E-state index contributed by atoms with van der Waals surface area (Å²) in [5.41, 5.74) is 1.45. The van der Waals surface area contributed by atoms with Gasteiger partial charge in [-0.2, -0.15) is 0 Å². The van der Waals surface area contributed by atoms with Crippen LogP contribution in [0.3, 0.4) is 0 Å². The number of nitrogens with zero attached hydrogens (tertiary/aromatic N) is 2. The molecule has 2 aliphatic rings. The Morgan fingerprint density at radius 1 is 1.18 bits per heavy atom. The molecule has 0 spiro atoms. The van der Waals surface area contributed by atoms with Crippen LogP contribution >= 0.6 is 0 Å². The lowest BCUT2D eigenvalue weighted by Gasteiger charge is -2.32. The first kappa shape index (κ1) is 15.1. The van der Waals surface area contributed by atoms with Gasteiger partial charge in [-0.15, -0.1) is 0 Å². The molecule has 2 aliphatic heterocycles. The molecule has 0 N–H and O–H groups in total. The summed E-state index contributed by atoms with van der Waals surface area (Å²) in [4.78, 5) is 16.0. The van der Waals surface area contributed by atoms with Gasteiger partial charge < -0.3 is 14.0 Å². The molecule has 1 radical (unpaired) electrons. The van der Waals surface area contributed by atoms with Crippen molar-refractivity contribution >= 4 is 36.3 Å². The summed E-state index contributed by atoms with van der Waals surface area (Å²) in [5, 5.41) is 4.26. The van der Waals surface area contributed by atoms with Gasteiger partial charge in [0, 0.05) is 5.46 Å². The van der Waals surface area contributed by atoms with Gasteiger partial charge in [0.05, 0.1) is 35.3 Å². The van der Waals surface area contributed by atoms with Crippen molar-refractivity contribution < 1.29 is 18.8 Å². The molecule has 0 unspecified atom stereocenters. The number of esters is 1. The molecular formula is C15H18BN2O4. The largest absolute Gasteiger partial charge is 0.497 e. The molecule has 0 atom stereocenters. The zero-order chi connectivity index (χ0) is 16.1. The minimum absolute atomic E-state index is 0.403. The van der Waals surface area contributed by atoms with E-state index in [-0.39, 0.29) is 0 Å². The molecule has 1 saturated heterocycles. The second-order valence-corrected chi connectivity index (χ2v) is 6.39. The number of aliphatic imine (C=N–C) groups is 1. The van der Waals surface area contributed by atoms with Gasteiger partial charge in [0.1, 0.15) is 6.34 Å². The lowest BCUT2D eigenvalue weighted by Crippen LogP contribution is -2.41. The van der Waals surface area contributed by atoms with Gasteiger partial charge in [0.25, 0.3) is 0 Å². The van der Waals surface area contributed by atoms with Crippen LogP contribution in [0.1, 0.15) is 38.1 Å². The summed E-state index contributed by atoms with van der Waals surface area (Å²) in [6.07, 6.45) is 1.46. The number of ether oxygens (including phenoxy) is 1. The molecule has 22 heavy (non-hydrogen) atoms. The third-order valence-corrected chi connectivity index (χ3v) is 4.43. The molecule has 0 saturated carbocycles. The molecule has 3 rings (SSSR count). The van der Waals surface area contributed by atoms with E-state index in [2.05, 4.69) is 10.3 Å². The Kier molecular flexibility index (Phi) is 3.30. The third kappa shape index (κ3) is 2.21. The topological polar surface area (TPSA) is 71.2 Å². The van der Waals surface area contributed by atoms with E-state index < -0.39 is 24.3 Å². The van der Waals surface area contributed by atoms with Crippen LogP contribution in [0, 0.1) is 0 Å². The van der Waals surface area contributed by atoms with E-state index in [1.165, 1.54) is 13.4 Å². The lowest BCUT2D eigenvalue weighted by molar-refractivity contribution is 0.00578. The second-order valence-electron chi connectivity index (χ2n) is 6.39. The summed E-state index contributed by atoms with van der Waals surface area (Å²) >= 11 is 0. The lowest BCUT2D eigenvalue weighted by atomic mass is 9.76. The molecule has 115 valence electrons. The molecule has 7 heteroatoms. The van der Waals surface area contributed by atoms with Crippen molar-refractivity contribution in [2.45, 2.75) is 38.9 Å². The second kappa shape index (κ2) is 4.82. The number of carbonyl (C=O) groups excluding carboxylic acids is 1. The number of hydrogen-bond acceptors (Lipinski definition) is 5. The van der Waals surface area contributed by atoms with Gasteiger partial charge in [-0.1, -0.05) is 0 Å². The van der Waals surface area contributed by atoms with Gasteiger partial charge in [-0.05, 0) is 39.8 Å². The fourth-order valence-corrected chi connectivity index (χ4v) is 2.41. The van der Waals surface area contributed by atoms with E-state index >= 15 is 0 Å². The van der Waals surface area contributed by atoms with Crippen LogP contribution in [0.2, 0.25) is 0 Å². The van der Waals surface area contributed by atoms with E-state index in [1.807, 2.05) is 27.7 Å². The van der Waals surface area contributed by atoms with Crippen LogP contribution in [0.4, 0.5) is 11.4 Å². The first-order valence-corrected chi connectivity index (χ1v) is 7.10. The molecular weight excluding hydrogens is 283 g/mol. The summed E-state index contributed by atoms with van der Waals surface area (Å²) in [6, 6.07) is 3.36.